The zero-order valence-corrected chi connectivity index (χ0v) is 15.3. The fourth-order valence-corrected chi connectivity index (χ4v) is 7.39. The van der Waals surface area contributed by atoms with Crippen LogP contribution in [0.4, 0.5) is 0 Å². The van der Waals surface area contributed by atoms with Gasteiger partial charge in [0.05, 0.1) is 13.0 Å². The van der Waals surface area contributed by atoms with E-state index in [0.717, 1.165) is 41.7 Å². The average Bonchev–Trinajstić information content (AvgIpc) is 3.11. The van der Waals surface area contributed by atoms with Crippen LogP contribution in [0.25, 0.3) is 0 Å². The summed E-state index contributed by atoms with van der Waals surface area (Å²) in [5, 5.41) is 6.57. The van der Waals surface area contributed by atoms with Gasteiger partial charge >= 0.3 is 0 Å². The fraction of sp³-hybridized carbons (Fsp3) is 0.789. The van der Waals surface area contributed by atoms with Crippen LogP contribution in [0.15, 0.2) is 16.1 Å². The van der Waals surface area contributed by atoms with Gasteiger partial charge in [0.25, 0.3) is 0 Å². The van der Waals surface area contributed by atoms with Crippen molar-refractivity contribution in [1.82, 2.24) is 10.2 Å². The van der Waals surface area contributed by atoms with E-state index in [1.807, 2.05) is 0 Å². The molecule has 6 aliphatic rings. The highest BCUT2D eigenvalue weighted by atomic mass is 32.2. The molecule has 4 fully saturated rings. The number of thioether (sulfide) groups is 1. The molecule has 2 aliphatic heterocycles. The number of amides is 1. The molecule has 0 radical (unpaired) electrons. The normalized spacial score (nSPS) is 40.4. The number of carbonyl (C=O) groups excluding carboxylic acids is 1. The van der Waals surface area contributed by atoms with Crippen LogP contribution < -0.4 is 5.32 Å². The molecule has 4 bridgehead atoms. The van der Waals surface area contributed by atoms with E-state index in [4.69, 9.17) is 0 Å². The molecular formula is C19H27N3OS. The van der Waals surface area contributed by atoms with Crippen molar-refractivity contribution >= 4 is 22.8 Å². The van der Waals surface area contributed by atoms with E-state index < -0.39 is 0 Å². The van der Waals surface area contributed by atoms with Crippen LogP contribution in [0.2, 0.25) is 0 Å². The van der Waals surface area contributed by atoms with Gasteiger partial charge in [-0.25, -0.2) is 0 Å². The summed E-state index contributed by atoms with van der Waals surface area (Å²) in [5.41, 5.74) is 1.52. The lowest BCUT2D eigenvalue weighted by molar-refractivity contribution is -0.125. The second-order valence-corrected chi connectivity index (χ2v) is 9.63. The number of nitrogens with one attached hydrogen (secondary N) is 1. The molecule has 0 aromatic heterocycles. The standard InChI is InChI=1S/C19H27N3OS/c1-12(19-8-13-4-14(9-19)6-15(5-13)10-19)21-17(23)7-16-11-24-18-20-2-3-22(16)18/h11-15H,2-10H2,1H3,(H,21,23). The van der Waals surface area contributed by atoms with Crippen molar-refractivity contribution in [3.05, 3.63) is 11.1 Å². The highest BCUT2D eigenvalue weighted by Crippen LogP contribution is 2.61. The average molecular weight is 346 g/mol. The minimum absolute atomic E-state index is 0.193. The number of amidine groups is 1. The molecular weight excluding hydrogens is 318 g/mol. The molecule has 4 nitrogen and oxygen atoms in total. The van der Waals surface area contributed by atoms with Crippen molar-refractivity contribution < 1.29 is 4.79 Å². The first kappa shape index (κ1) is 15.3. The Labute approximate surface area is 148 Å². The number of rotatable bonds is 4. The summed E-state index contributed by atoms with van der Waals surface area (Å²) < 4.78 is 0. The first-order chi connectivity index (χ1) is 11.6. The second-order valence-electron chi connectivity index (χ2n) is 8.79. The fourth-order valence-electron chi connectivity index (χ4n) is 6.43. The molecule has 24 heavy (non-hydrogen) atoms. The van der Waals surface area contributed by atoms with Gasteiger partial charge in [0, 0.05) is 18.3 Å². The first-order valence-corrected chi connectivity index (χ1v) is 10.5. The van der Waals surface area contributed by atoms with Crippen molar-refractivity contribution in [3.8, 4) is 0 Å². The Morgan fingerprint density at radius 3 is 2.67 bits per heavy atom. The molecule has 0 saturated heterocycles. The summed E-state index contributed by atoms with van der Waals surface area (Å²) >= 11 is 1.66. The minimum atomic E-state index is 0.193. The van der Waals surface area contributed by atoms with Gasteiger partial charge in [-0.2, -0.15) is 0 Å². The molecule has 1 unspecified atom stereocenters. The molecule has 0 aromatic rings. The van der Waals surface area contributed by atoms with Crippen LogP contribution in [0.5, 0.6) is 0 Å². The first-order valence-electron chi connectivity index (χ1n) is 9.58. The zero-order valence-electron chi connectivity index (χ0n) is 14.5. The topological polar surface area (TPSA) is 44.7 Å². The smallest absolute Gasteiger partial charge is 0.226 e. The van der Waals surface area contributed by atoms with E-state index in [-0.39, 0.29) is 5.91 Å². The summed E-state index contributed by atoms with van der Waals surface area (Å²) in [6.07, 6.45) is 8.93. The molecule has 130 valence electrons. The summed E-state index contributed by atoms with van der Waals surface area (Å²) in [7, 11) is 0. The summed E-state index contributed by atoms with van der Waals surface area (Å²) in [4.78, 5) is 19.3. The Kier molecular flexibility index (Phi) is 3.52. The predicted molar refractivity (Wildman–Crippen MR) is 97.5 cm³/mol. The Morgan fingerprint density at radius 1 is 1.33 bits per heavy atom. The van der Waals surface area contributed by atoms with Crippen molar-refractivity contribution in [2.75, 3.05) is 13.1 Å². The van der Waals surface area contributed by atoms with Crippen LogP contribution in [0.3, 0.4) is 0 Å². The van der Waals surface area contributed by atoms with E-state index in [1.54, 1.807) is 11.8 Å². The maximum atomic E-state index is 12.7. The maximum Gasteiger partial charge on any atom is 0.226 e. The quantitative estimate of drug-likeness (QED) is 0.850. The zero-order chi connectivity index (χ0) is 16.3. The Morgan fingerprint density at radius 2 is 2.00 bits per heavy atom. The van der Waals surface area contributed by atoms with E-state index in [1.165, 1.54) is 38.5 Å². The molecule has 6 rings (SSSR count). The third-order valence-corrected chi connectivity index (χ3v) is 8.12. The summed E-state index contributed by atoms with van der Waals surface area (Å²) in [5.74, 6) is 3.01. The molecule has 1 N–H and O–H groups in total. The van der Waals surface area contributed by atoms with Gasteiger partial charge < -0.3 is 10.2 Å². The largest absolute Gasteiger partial charge is 0.353 e. The molecule has 0 spiro atoms. The number of hydrogen-bond acceptors (Lipinski definition) is 4. The van der Waals surface area contributed by atoms with Crippen LogP contribution in [-0.4, -0.2) is 35.1 Å². The van der Waals surface area contributed by atoms with Gasteiger partial charge in [0.15, 0.2) is 5.17 Å². The lowest BCUT2D eigenvalue weighted by Crippen LogP contribution is -2.55. The van der Waals surface area contributed by atoms with Crippen LogP contribution in [0.1, 0.15) is 51.9 Å². The van der Waals surface area contributed by atoms with Crippen LogP contribution in [0, 0.1) is 23.2 Å². The lowest BCUT2D eigenvalue weighted by Gasteiger charge is -2.59. The highest BCUT2D eigenvalue weighted by Gasteiger charge is 2.53. The molecule has 4 aliphatic carbocycles. The van der Waals surface area contributed by atoms with Gasteiger partial charge in [-0.1, -0.05) is 11.8 Å². The van der Waals surface area contributed by atoms with Crippen molar-refractivity contribution in [1.29, 1.82) is 0 Å². The molecule has 2 heterocycles. The van der Waals surface area contributed by atoms with E-state index in [2.05, 4.69) is 27.5 Å². The predicted octanol–water partition coefficient (Wildman–Crippen LogP) is 3.36. The SMILES string of the molecule is CC(NC(=O)CC1=CSC2=NCCN12)C12CC3CC(CC(C3)C1)C2. The van der Waals surface area contributed by atoms with Crippen LogP contribution in [-0.2, 0) is 4.79 Å². The lowest BCUT2D eigenvalue weighted by atomic mass is 9.48. The number of fused-ring (bicyclic) bond motifs is 1. The highest BCUT2D eigenvalue weighted by molar-refractivity contribution is 8.16. The van der Waals surface area contributed by atoms with E-state index in [9.17, 15) is 4.79 Å². The van der Waals surface area contributed by atoms with Gasteiger partial charge in [-0.15, -0.1) is 0 Å². The third-order valence-electron chi connectivity index (χ3n) is 7.17. The molecule has 5 heteroatoms. The second kappa shape index (κ2) is 5.52. The monoisotopic (exact) mass is 345 g/mol. The van der Waals surface area contributed by atoms with Gasteiger partial charge in [0.1, 0.15) is 0 Å². The molecule has 1 atom stereocenters. The number of aliphatic imine (C=N–C) groups is 1. The molecule has 1 amide bonds. The maximum absolute atomic E-state index is 12.7. The molecule has 0 aromatic carbocycles. The van der Waals surface area contributed by atoms with Gasteiger partial charge in [0.2, 0.25) is 5.91 Å². The van der Waals surface area contributed by atoms with Crippen molar-refractivity contribution in [3.63, 3.8) is 0 Å². The van der Waals surface area contributed by atoms with E-state index in [0.29, 0.717) is 17.9 Å². The van der Waals surface area contributed by atoms with Crippen molar-refractivity contribution in [2.24, 2.45) is 28.2 Å². The molecule has 4 saturated carbocycles. The Hall–Kier alpha value is -0.970. The summed E-state index contributed by atoms with van der Waals surface area (Å²) in [6.45, 7) is 4.07. The summed E-state index contributed by atoms with van der Waals surface area (Å²) in [6, 6.07) is 0.319. The third kappa shape index (κ3) is 2.42. The van der Waals surface area contributed by atoms with Crippen molar-refractivity contribution in [2.45, 2.75) is 57.9 Å². The van der Waals surface area contributed by atoms with E-state index >= 15 is 0 Å². The van der Waals surface area contributed by atoms with Crippen LogP contribution >= 0.6 is 11.8 Å². The Bertz CT molecular complexity index is 591. The number of hydrogen-bond donors (Lipinski definition) is 1. The number of nitrogens with zero attached hydrogens (tertiary/aromatic N) is 2. The van der Waals surface area contributed by atoms with Gasteiger partial charge in [-0.05, 0) is 74.0 Å². The number of carbonyl (C=O) groups is 1. The van der Waals surface area contributed by atoms with Gasteiger partial charge in [-0.3, -0.25) is 9.79 Å². The Balaban J connectivity index is 1.23. The minimum Gasteiger partial charge on any atom is -0.353 e.